The Balaban J connectivity index is 1.59. The highest BCUT2D eigenvalue weighted by atomic mass is 16.5. The molecule has 5 heteroatoms. The lowest BCUT2D eigenvalue weighted by Gasteiger charge is -2.43. The van der Waals surface area contributed by atoms with E-state index < -0.39 is 5.72 Å². The summed E-state index contributed by atoms with van der Waals surface area (Å²) in [5, 5.41) is 9.77. The Hall–Kier alpha value is -3.60. The molecule has 2 atom stereocenters. The first-order chi connectivity index (χ1) is 13.8. The molecular weight excluding hydrogens is 350 g/mol. The molecule has 0 aliphatic carbocycles. The molecule has 3 aliphatic heterocycles. The third kappa shape index (κ3) is 1.90. The summed E-state index contributed by atoms with van der Waals surface area (Å²) in [5.41, 5.74) is 3.37. The average Bonchev–Trinajstić information content (AvgIpc) is 3.30. The van der Waals surface area contributed by atoms with Crippen molar-refractivity contribution in [3.8, 4) is 5.75 Å². The molecule has 1 amide bonds. The smallest absolute Gasteiger partial charge is 0.306 e. The minimum Gasteiger partial charge on any atom is -0.453 e. The van der Waals surface area contributed by atoms with Gasteiger partial charge in [0.05, 0.1) is 23.0 Å². The average molecular weight is 367 g/mol. The molecule has 0 saturated heterocycles. The fourth-order valence-corrected chi connectivity index (χ4v) is 4.45. The van der Waals surface area contributed by atoms with Crippen LogP contribution in [0.25, 0.3) is 0 Å². The molecule has 6 rings (SSSR count). The van der Waals surface area contributed by atoms with Gasteiger partial charge in [-0.3, -0.25) is 4.79 Å². The zero-order chi connectivity index (χ0) is 18.7. The highest BCUT2D eigenvalue weighted by Gasteiger charge is 2.60. The van der Waals surface area contributed by atoms with Gasteiger partial charge in [-0.15, -0.1) is 0 Å². The maximum Gasteiger partial charge on any atom is 0.306 e. The predicted molar refractivity (Wildman–Crippen MR) is 106 cm³/mol. The molecule has 136 valence electrons. The van der Waals surface area contributed by atoms with Gasteiger partial charge in [0, 0.05) is 12.0 Å². The third-order valence-electron chi connectivity index (χ3n) is 5.72. The number of hydrogen-bond acceptors (Lipinski definition) is 4. The third-order valence-corrected chi connectivity index (χ3v) is 5.72. The van der Waals surface area contributed by atoms with Gasteiger partial charge in [0.15, 0.2) is 0 Å². The highest BCUT2D eigenvalue weighted by Crippen LogP contribution is 2.53. The molecule has 3 aliphatic rings. The van der Waals surface area contributed by atoms with E-state index in [9.17, 15) is 4.79 Å². The summed E-state index contributed by atoms with van der Waals surface area (Å²) in [4.78, 5) is 13.3. The number of para-hydroxylation sites is 2. The molecule has 0 unspecified atom stereocenters. The van der Waals surface area contributed by atoms with Crippen molar-refractivity contribution >= 4 is 17.3 Å². The Morgan fingerprint density at radius 2 is 1.71 bits per heavy atom. The highest BCUT2D eigenvalue weighted by molar-refractivity contribution is 6.07. The van der Waals surface area contributed by atoms with E-state index in [1.807, 2.05) is 65.7 Å². The van der Waals surface area contributed by atoms with Crippen LogP contribution in [0.1, 0.15) is 29.2 Å². The molecule has 1 N–H and O–H groups in total. The van der Waals surface area contributed by atoms with Crippen LogP contribution in [0, 0.1) is 0 Å². The van der Waals surface area contributed by atoms with Gasteiger partial charge in [-0.2, -0.15) is 5.10 Å². The van der Waals surface area contributed by atoms with Crippen LogP contribution in [0.4, 0.5) is 5.69 Å². The maximum atomic E-state index is 13.3. The zero-order valence-corrected chi connectivity index (χ0v) is 15.0. The summed E-state index contributed by atoms with van der Waals surface area (Å²) < 4.78 is 6.42. The van der Waals surface area contributed by atoms with E-state index in [4.69, 9.17) is 9.84 Å². The van der Waals surface area contributed by atoms with Crippen molar-refractivity contribution in [3.63, 3.8) is 0 Å². The second kappa shape index (κ2) is 5.45. The van der Waals surface area contributed by atoms with E-state index >= 15 is 0 Å². The standard InChI is InChI=1S/C23H17N3O2/c27-22-23(17-11-5-6-12-18(17)24-22)26-20(16-10-4-7-13-21(16)28-23)14-19(25-26)15-8-2-1-3-9-15/h1-13,20H,14H2,(H,24,27)/t20-,23-/m0/s1. The normalized spacial score (nSPS) is 24.1. The Kier molecular flexibility index (Phi) is 3.01. The first kappa shape index (κ1) is 15.5. The topological polar surface area (TPSA) is 53.9 Å². The van der Waals surface area contributed by atoms with Gasteiger partial charge < -0.3 is 10.1 Å². The van der Waals surface area contributed by atoms with Crippen molar-refractivity contribution in [2.24, 2.45) is 5.10 Å². The lowest BCUT2D eigenvalue weighted by Crippen LogP contribution is -2.55. The number of amides is 1. The SMILES string of the molecule is O=C1Nc2ccccc2[C@]12Oc1ccccc1[C@@H]1CC(c3ccccc3)=NN12. The quantitative estimate of drug-likeness (QED) is 0.706. The monoisotopic (exact) mass is 367 g/mol. The number of carbonyl (C=O) groups is 1. The number of hydrazone groups is 1. The molecule has 3 heterocycles. The van der Waals surface area contributed by atoms with Crippen LogP contribution < -0.4 is 10.1 Å². The summed E-state index contributed by atoms with van der Waals surface area (Å²) in [6.45, 7) is 0. The molecule has 0 fully saturated rings. The number of fused-ring (bicyclic) bond motifs is 6. The first-order valence-corrected chi connectivity index (χ1v) is 9.38. The summed E-state index contributed by atoms with van der Waals surface area (Å²) in [6, 6.07) is 25.7. The van der Waals surface area contributed by atoms with E-state index in [-0.39, 0.29) is 11.9 Å². The van der Waals surface area contributed by atoms with Crippen LogP contribution in [0.2, 0.25) is 0 Å². The Morgan fingerprint density at radius 3 is 2.61 bits per heavy atom. The van der Waals surface area contributed by atoms with E-state index in [0.29, 0.717) is 0 Å². The maximum absolute atomic E-state index is 13.3. The van der Waals surface area contributed by atoms with Crippen LogP contribution in [0.3, 0.4) is 0 Å². The second-order valence-corrected chi connectivity index (χ2v) is 7.26. The molecule has 0 aromatic heterocycles. The van der Waals surface area contributed by atoms with Crippen molar-refractivity contribution in [1.82, 2.24) is 5.01 Å². The fourth-order valence-electron chi connectivity index (χ4n) is 4.45. The van der Waals surface area contributed by atoms with Crippen molar-refractivity contribution < 1.29 is 9.53 Å². The van der Waals surface area contributed by atoms with Gasteiger partial charge >= 0.3 is 5.72 Å². The molecule has 0 radical (unpaired) electrons. The van der Waals surface area contributed by atoms with Crippen LogP contribution in [0.15, 0.2) is 84.0 Å². The van der Waals surface area contributed by atoms with E-state index in [0.717, 1.165) is 40.3 Å². The number of anilines is 1. The van der Waals surface area contributed by atoms with E-state index in [2.05, 4.69) is 23.5 Å². The zero-order valence-electron chi connectivity index (χ0n) is 15.0. The van der Waals surface area contributed by atoms with Gasteiger partial charge in [-0.25, -0.2) is 5.01 Å². The summed E-state index contributed by atoms with van der Waals surface area (Å²) in [6.07, 6.45) is 0.724. The van der Waals surface area contributed by atoms with E-state index in [1.165, 1.54) is 0 Å². The Labute approximate surface area is 162 Å². The lowest BCUT2D eigenvalue weighted by atomic mass is 9.92. The molecule has 1 spiro atoms. The molecule has 3 aromatic carbocycles. The number of rotatable bonds is 1. The van der Waals surface area contributed by atoms with Gasteiger partial charge in [0.1, 0.15) is 5.75 Å². The first-order valence-electron chi connectivity index (χ1n) is 9.38. The predicted octanol–water partition coefficient (Wildman–Crippen LogP) is 4.04. The second-order valence-electron chi connectivity index (χ2n) is 7.26. The Bertz CT molecular complexity index is 1140. The van der Waals surface area contributed by atoms with Crippen LogP contribution in [-0.4, -0.2) is 16.6 Å². The molecule has 0 bridgehead atoms. The fraction of sp³-hybridized carbons (Fsp3) is 0.130. The number of nitrogens with one attached hydrogen (secondary N) is 1. The van der Waals surface area contributed by atoms with Crippen molar-refractivity contribution in [1.29, 1.82) is 0 Å². The largest absolute Gasteiger partial charge is 0.453 e. The number of benzene rings is 3. The molecule has 0 saturated carbocycles. The molecule has 3 aromatic rings. The minimum atomic E-state index is -1.29. The Morgan fingerprint density at radius 1 is 0.964 bits per heavy atom. The van der Waals surface area contributed by atoms with Gasteiger partial charge in [0.2, 0.25) is 0 Å². The van der Waals surface area contributed by atoms with Gasteiger partial charge in [-0.05, 0) is 17.7 Å². The van der Waals surface area contributed by atoms with Crippen LogP contribution in [0.5, 0.6) is 5.75 Å². The summed E-state index contributed by atoms with van der Waals surface area (Å²) in [5.74, 6) is 0.534. The van der Waals surface area contributed by atoms with Gasteiger partial charge in [0.25, 0.3) is 5.91 Å². The number of nitrogens with zero attached hydrogens (tertiary/aromatic N) is 2. The summed E-state index contributed by atoms with van der Waals surface area (Å²) in [7, 11) is 0. The minimum absolute atomic E-state index is 0.0583. The number of hydrogen-bond donors (Lipinski definition) is 1. The number of carbonyl (C=O) groups excluding carboxylic acids is 1. The molecule has 5 nitrogen and oxygen atoms in total. The van der Waals surface area contributed by atoms with Crippen LogP contribution >= 0.6 is 0 Å². The molecular formula is C23H17N3O2. The summed E-state index contributed by atoms with van der Waals surface area (Å²) >= 11 is 0. The van der Waals surface area contributed by atoms with Crippen molar-refractivity contribution in [2.45, 2.75) is 18.2 Å². The van der Waals surface area contributed by atoms with E-state index in [1.54, 1.807) is 0 Å². The number of ether oxygens (including phenoxy) is 1. The van der Waals surface area contributed by atoms with Crippen molar-refractivity contribution in [2.75, 3.05) is 5.32 Å². The van der Waals surface area contributed by atoms with Crippen molar-refractivity contribution in [3.05, 3.63) is 95.6 Å². The lowest BCUT2D eigenvalue weighted by molar-refractivity contribution is -0.161. The van der Waals surface area contributed by atoms with Crippen LogP contribution in [-0.2, 0) is 10.5 Å². The molecule has 28 heavy (non-hydrogen) atoms. The van der Waals surface area contributed by atoms with Gasteiger partial charge in [-0.1, -0.05) is 66.7 Å².